The summed E-state index contributed by atoms with van der Waals surface area (Å²) in [4.78, 5) is 4.65. The van der Waals surface area contributed by atoms with Crippen LogP contribution in [0.5, 0.6) is 0 Å². The standard InChI is InChI=1S/C66H56N2/c1-49-25-43-65(51(3)45-49)67(47-63(57-17-9-5-10-18-57)58-19-11-6-12-20-58)61-39-35-55(36-40-61)33-31-53-27-29-54(30-28-53)32-34-56-37-41-62(42-38-56)68(66-44-26-50(2)46-52(66)4)48-64(59-21-13-7-14-22-59)60-23-15-8-16-24-60/h5-48H,1-4H3. The molecule has 9 aromatic rings. The largest absolute Gasteiger partial charge is 0.316 e. The highest BCUT2D eigenvalue weighted by atomic mass is 15.1. The van der Waals surface area contributed by atoms with Crippen LogP contribution in [0.15, 0.2) is 243 Å². The van der Waals surface area contributed by atoms with E-state index in [4.69, 9.17) is 0 Å². The van der Waals surface area contributed by atoms with Gasteiger partial charge < -0.3 is 9.80 Å². The summed E-state index contributed by atoms with van der Waals surface area (Å²) in [7, 11) is 0. The topological polar surface area (TPSA) is 6.48 Å². The van der Waals surface area contributed by atoms with Crippen LogP contribution in [0.25, 0.3) is 35.5 Å². The van der Waals surface area contributed by atoms with E-state index in [1.54, 1.807) is 0 Å². The van der Waals surface area contributed by atoms with Gasteiger partial charge >= 0.3 is 0 Å². The molecule has 0 N–H and O–H groups in total. The second-order valence-corrected chi connectivity index (χ2v) is 17.4. The summed E-state index contributed by atoms with van der Waals surface area (Å²) < 4.78 is 0. The third kappa shape index (κ3) is 11.0. The Morgan fingerprint density at radius 1 is 0.294 bits per heavy atom. The van der Waals surface area contributed by atoms with E-state index in [0.717, 1.165) is 56.1 Å². The summed E-state index contributed by atoms with van der Waals surface area (Å²) in [5.41, 5.74) is 21.0. The number of rotatable bonds is 14. The molecule has 9 rings (SSSR count). The van der Waals surface area contributed by atoms with Crippen molar-refractivity contribution in [3.63, 3.8) is 0 Å². The highest BCUT2D eigenvalue weighted by molar-refractivity contribution is 5.86. The Hall–Kier alpha value is -8.46. The van der Waals surface area contributed by atoms with Crippen molar-refractivity contribution in [2.75, 3.05) is 9.80 Å². The zero-order chi connectivity index (χ0) is 46.7. The van der Waals surface area contributed by atoms with E-state index in [9.17, 15) is 0 Å². The lowest BCUT2D eigenvalue weighted by atomic mass is 9.98. The maximum atomic E-state index is 2.32. The third-order valence-corrected chi connectivity index (χ3v) is 12.3. The molecule has 0 bridgehead atoms. The first kappa shape index (κ1) is 44.7. The Balaban J connectivity index is 0.925. The van der Waals surface area contributed by atoms with E-state index >= 15 is 0 Å². The van der Waals surface area contributed by atoms with Gasteiger partial charge in [-0.25, -0.2) is 0 Å². The van der Waals surface area contributed by atoms with Gasteiger partial charge in [0.15, 0.2) is 0 Å². The molecule has 2 heteroatoms. The lowest BCUT2D eigenvalue weighted by Crippen LogP contribution is -2.12. The predicted molar refractivity (Wildman–Crippen MR) is 293 cm³/mol. The van der Waals surface area contributed by atoms with E-state index in [2.05, 4.69) is 305 Å². The average Bonchev–Trinajstić information content (AvgIpc) is 3.38. The SMILES string of the molecule is Cc1ccc(N(C=C(c2ccccc2)c2ccccc2)c2ccc(C=Cc3ccc(C=Cc4ccc(N(C=C(c5ccccc5)c5ccccc5)c5ccc(C)cc5C)cc4)cc3)cc2)c(C)c1. The molecule has 0 aliphatic carbocycles. The van der Waals surface area contributed by atoms with Crippen LogP contribution >= 0.6 is 0 Å². The van der Waals surface area contributed by atoms with Gasteiger partial charge in [-0.05, 0) is 120 Å². The summed E-state index contributed by atoms with van der Waals surface area (Å²) in [5.74, 6) is 0. The van der Waals surface area contributed by atoms with E-state index in [1.165, 1.54) is 44.5 Å². The normalized spacial score (nSPS) is 11.1. The van der Waals surface area contributed by atoms with Crippen molar-refractivity contribution in [2.45, 2.75) is 27.7 Å². The number of hydrogen-bond donors (Lipinski definition) is 0. The molecule has 9 aromatic carbocycles. The van der Waals surface area contributed by atoms with Gasteiger partial charge in [0.1, 0.15) is 0 Å². The van der Waals surface area contributed by atoms with E-state index in [-0.39, 0.29) is 0 Å². The first-order valence-corrected chi connectivity index (χ1v) is 23.4. The van der Waals surface area contributed by atoms with E-state index in [1.807, 2.05) is 0 Å². The molecule has 0 unspecified atom stereocenters. The van der Waals surface area contributed by atoms with E-state index in [0.29, 0.717) is 0 Å². The van der Waals surface area contributed by atoms with Gasteiger partial charge in [0, 0.05) is 46.3 Å². The molecular weight excluding hydrogens is 821 g/mol. The van der Waals surface area contributed by atoms with Gasteiger partial charge in [-0.3, -0.25) is 0 Å². The summed E-state index contributed by atoms with van der Waals surface area (Å²) in [5, 5.41) is 0. The highest BCUT2D eigenvalue weighted by Gasteiger charge is 2.16. The maximum Gasteiger partial charge on any atom is 0.0485 e. The van der Waals surface area contributed by atoms with Crippen LogP contribution in [-0.4, -0.2) is 0 Å². The lowest BCUT2D eigenvalue weighted by molar-refractivity contribution is 1.23. The number of anilines is 4. The summed E-state index contributed by atoms with van der Waals surface area (Å²) in [6.07, 6.45) is 13.3. The quantitative estimate of drug-likeness (QED) is 0.100. The molecule has 0 atom stereocenters. The Morgan fingerprint density at radius 2 is 0.559 bits per heavy atom. The van der Waals surface area contributed by atoms with Gasteiger partial charge in [-0.2, -0.15) is 0 Å². The monoisotopic (exact) mass is 876 g/mol. The minimum absolute atomic E-state index is 1.10. The Bertz CT molecular complexity index is 2890. The van der Waals surface area contributed by atoms with Crippen molar-refractivity contribution in [1.82, 2.24) is 0 Å². The van der Waals surface area contributed by atoms with E-state index < -0.39 is 0 Å². The number of benzene rings is 9. The van der Waals surface area contributed by atoms with Gasteiger partial charge in [0.25, 0.3) is 0 Å². The van der Waals surface area contributed by atoms with Gasteiger partial charge in [0.05, 0.1) is 0 Å². The fourth-order valence-electron chi connectivity index (χ4n) is 8.67. The molecule has 0 aliphatic heterocycles. The molecule has 0 fully saturated rings. The molecule has 330 valence electrons. The fraction of sp³-hybridized carbons (Fsp3) is 0.0606. The first-order chi connectivity index (χ1) is 33.3. The van der Waals surface area contributed by atoms with Gasteiger partial charge in [-0.15, -0.1) is 0 Å². The smallest absolute Gasteiger partial charge is 0.0485 e. The Morgan fingerprint density at radius 3 is 0.824 bits per heavy atom. The molecule has 0 radical (unpaired) electrons. The van der Waals surface area contributed by atoms with Crippen LogP contribution in [0.2, 0.25) is 0 Å². The first-order valence-electron chi connectivity index (χ1n) is 23.4. The highest BCUT2D eigenvalue weighted by Crippen LogP contribution is 2.36. The lowest BCUT2D eigenvalue weighted by Gasteiger charge is -2.25. The minimum atomic E-state index is 1.10. The predicted octanol–water partition coefficient (Wildman–Crippen LogP) is 17.7. The minimum Gasteiger partial charge on any atom is -0.316 e. The van der Waals surface area contributed by atoms with Crippen LogP contribution in [0.3, 0.4) is 0 Å². The molecule has 2 nitrogen and oxygen atoms in total. The molecular formula is C66H56N2. The Labute approximate surface area is 403 Å². The molecule has 0 saturated heterocycles. The third-order valence-electron chi connectivity index (χ3n) is 12.3. The number of nitrogens with zero attached hydrogens (tertiary/aromatic N) is 2. The number of hydrogen-bond acceptors (Lipinski definition) is 2. The zero-order valence-corrected chi connectivity index (χ0v) is 39.3. The molecule has 0 aliphatic rings. The van der Waals surface area contributed by atoms with Gasteiger partial charge in [-0.1, -0.05) is 230 Å². The van der Waals surface area contributed by atoms with Crippen LogP contribution in [0, 0.1) is 27.7 Å². The van der Waals surface area contributed by atoms with Crippen molar-refractivity contribution in [3.05, 3.63) is 310 Å². The van der Waals surface area contributed by atoms with Crippen molar-refractivity contribution < 1.29 is 0 Å². The summed E-state index contributed by atoms with van der Waals surface area (Å²) >= 11 is 0. The van der Waals surface area contributed by atoms with Crippen LogP contribution in [0.1, 0.15) is 66.8 Å². The molecule has 0 aromatic heterocycles. The Kier molecular flexibility index (Phi) is 14.0. The summed E-state index contributed by atoms with van der Waals surface area (Å²) in [6, 6.07) is 82.3. The van der Waals surface area contributed by atoms with Crippen molar-refractivity contribution in [1.29, 1.82) is 0 Å². The molecule has 0 amide bonds. The molecule has 0 saturated carbocycles. The van der Waals surface area contributed by atoms with Crippen LogP contribution in [0.4, 0.5) is 22.7 Å². The molecule has 0 heterocycles. The second kappa shape index (κ2) is 21.2. The second-order valence-electron chi connectivity index (χ2n) is 17.4. The maximum absolute atomic E-state index is 2.32. The van der Waals surface area contributed by atoms with Gasteiger partial charge in [0.2, 0.25) is 0 Å². The zero-order valence-electron chi connectivity index (χ0n) is 39.3. The fourth-order valence-corrected chi connectivity index (χ4v) is 8.67. The molecule has 0 spiro atoms. The van der Waals surface area contributed by atoms with Crippen molar-refractivity contribution in [2.24, 2.45) is 0 Å². The number of aryl methyl sites for hydroxylation is 4. The van der Waals surface area contributed by atoms with Crippen LogP contribution < -0.4 is 9.80 Å². The molecule has 68 heavy (non-hydrogen) atoms. The van der Waals surface area contributed by atoms with Crippen molar-refractivity contribution in [3.8, 4) is 0 Å². The van der Waals surface area contributed by atoms with Crippen LogP contribution in [-0.2, 0) is 0 Å². The summed E-state index contributed by atoms with van der Waals surface area (Å²) in [6.45, 7) is 8.68. The van der Waals surface area contributed by atoms with Crippen molar-refractivity contribution >= 4 is 58.2 Å². The average molecular weight is 877 g/mol.